The topological polar surface area (TPSA) is 55.6 Å². The molecule has 0 saturated carbocycles. The molecular weight excluding hydrogens is 264 g/mol. The van der Waals surface area contributed by atoms with Crippen molar-refractivity contribution >= 4 is 24.1 Å². The summed E-state index contributed by atoms with van der Waals surface area (Å²) in [6.07, 6.45) is 0.00859. The first-order valence-electron chi connectivity index (χ1n) is 6.18. The molecule has 0 amide bonds. The number of esters is 1. The predicted octanol–water partition coefficient (Wildman–Crippen LogP) is 2.33. The largest absolute Gasteiger partial charge is 0.456 e. The first kappa shape index (κ1) is 15.8. The molecule has 2 rings (SSSR count). The number of rotatable bonds is 2. The molecule has 1 aliphatic rings. The van der Waals surface area contributed by atoms with Crippen molar-refractivity contribution in [2.75, 3.05) is 18.8 Å². The van der Waals surface area contributed by atoms with E-state index in [0.717, 1.165) is 13.1 Å². The van der Waals surface area contributed by atoms with E-state index in [-0.39, 0.29) is 30.0 Å². The van der Waals surface area contributed by atoms with E-state index in [2.05, 4.69) is 25.7 Å². The number of nitrogens with zero attached hydrogens (tertiary/aromatic N) is 1. The van der Waals surface area contributed by atoms with Crippen molar-refractivity contribution in [2.45, 2.75) is 32.4 Å². The molecule has 1 aromatic carbocycles. The van der Waals surface area contributed by atoms with Crippen LogP contribution in [-0.4, -0.2) is 35.6 Å². The van der Waals surface area contributed by atoms with Gasteiger partial charge in [0.2, 0.25) is 0 Å². The monoisotopic (exact) mass is 284 g/mol. The van der Waals surface area contributed by atoms with Gasteiger partial charge in [0.25, 0.3) is 0 Å². The first-order chi connectivity index (χ1) is 8.36. The number of nitrogen functional groups attached to an aromatic ring is 1. The molecule has 4 nitrogen and oxygen atoms in total. The van der Waals surface area contributed by atoms with E-state index in [1.807, 2.05) is 0 Å². The van der Waals surface area contributed by atoms with E-state index in [1.54, 1.807) is 24.3 Å². The van der Waals surface area contributed by atoms with Crippen LogP contribution in [0.1, 0.15) is 31.1 Å². The van der Waals surface area contributed by atoms with Gasteiger partial charge in [0.15, 0.2) is 0 Å². The molecule has 1 aliphatic heterocycles. The highest BCUT2D eigenvalue weighted by Gasteiger charge is 2.36. The number of likely N-dealkylation sites (tertiary alicyclic amines) is 1. The van der Waals surface area contributed by atoms with Crippen molar-refractivity contribution in [1.29, 1.82) is 0 Å². The molecule has 2 N–H and O–H groups in total. The van der Waals surface area contributed by atoms with Gasteiger partial charge in [-0.3, -0.25) is 4.90 Å². The summed E-state index contributed by atoms with van der Waals surface area (Å²) in [6.45, 7) is 8.09. The van der Waals surface area contributed by atoms with Gasteiger partial charge in [-0.1, -0.05) is 0 Å². The first-order valence-corrected chi connectivity index (χ1v) is 6.18. The molecule has 0 radical (unpaired) electrons. The normalized spacial score (nSPS) is 16.4. The van der Waals surface area contributed by atoms with Crippen LogP contribution in [0.5, 0.6) is 0 Å². The van der Waals surface area contributed by atoms with Gasteiger partial charge in [-0.2, -0.15) is 0 Å². The second kappa shape index (κ2) is 5.80. The maximum Gasteiger partial charge on any atom is 0.338 e. The molecule has 1 aromatic rings. The Hall–Kier alpha value is -1.26. The Labute approximate surface area is 120 Å². The average molecular weight is 285 g/mol. The van der Waals surface area contributed by atoms with E-state index in [4.69, 9.17) is 10.5 Å². The van der Waals surface area contributed by atoms with Crippen LogP contribution in [0.4, 0.5) is 5.69 Å². The lowest BCUT2D eigenvalue weighted by Crippen LogP contribution is -2.60. The van der Waals surface area contributed by atoms with Gasteiger partial charge in [0.1, 0.15) is 6.10 Å². The third-order valence-corrected chi connectivity index (χ3v) is 3.22. The van der Waals surface area contributed by atoms with Crippen molar-refractivity contribution in [3.8, 4) is 0 Å². The molecular formula is C14H21ClN2O2. The number of anilines is 1. The fraction of sp³-hybridized carbons (Fsp3) is 0.500. The standard InChI is InChI=1S/C14H20N2O2.ClH/c1-14(2,3)16-8-12(9-16)18-13(17)10-4-6-11(15)7-5-10;/h4-7,12H,8-9,15H2,1-3H3;1H. The highest BCUT2D eigenvalue weighted by Crippen LogP contribution is 2.23. The summed E-state index contributed by atoms with van der Waals surface area (Å²) < 4.78 is 5.42. The maximum atomic E-state index is 11.8. The lowest BCUT2D eigenvalue weighted by molar-refractivity contribution is -0.0645. The lowest BCUT2D eigenvalue weighted by atomic mass is 9.99. The van der Waals surface area contributed by atoms with Crippen molar-refractivity contribution in [3.05, 3.63) is 29.8 Å². The van der Waals surface area contributed by atoms with Crippen LogP contribution < -0.4 is 5.73 Å². The second-order valence-corrected chi connectivity index (χ2v) is 5.73. The number of benzene rings is 1. The van der Waals surface area contributed by atoms with Crippen molar-refractivity contribution in [1.82, 2.24) is 4.90 Å². The Balaban J connectivity index is 0.00000180. The van der Waals surface area contributed by atoms with Gasteiger partial charge in [0, 0.05) is 24.3 Å². The fourth-order valence-corrected chi connectivity index (χ4v) is 1.90. The second-order valence-electron chi connectivity index (χ2n) is 5.73. The van der Waals surface area contributed by atoms with Crippen LogP contribution in [0.3, 0.4) is 0 Å². The number of nitrogens with two attached hydrogens (primary N) is 1. The molecule has 0 unspecified atom stereocenters. The summed E-state index contributed by atoms with van der Waals surface area (Å²) in [7, 11) is 0. The Bertz CT molecular complexity index is 434. The molecule has 0 aromatic heterocycles. The molecule has 1 heterocycles. The van der Waals surface area contributed by atoms with Crippen molar-refractivity contribution in [3.63, 3.8) is 0 Å². The molecule has 19 heavy (non-hydrogen) atoms. The quantitative estimate of drug-likeness (QED) is 0.669. The maximum absolute atomic E-state index is 11.8. The zero-order valence-electron chi connectivity index (χ0n) is 11.6. The van der Waals surface area contributed by atoms with Crippen molar-refractivity contribution < 1.29 is 9.53 Å². The fourth-order valence-electron chi connectivity index (χ4n) is 1.90. The molecule has 0 aliphatic carbocycles. The number of carbonyl (C=O) groups excluding carboxylic acids is 1. The highest BCUT2D eigenvalue weighted by molar-refractivity contribution is 5.89. The van der Waals surface area contributed by atoms with Gasteiger partial charge >= 0.3 is 5.97 Å². The number of hydrogen-bond donors (Lipinski definition) is 1. The highest BCUT2D eigenvalue weighted by atomic mass is 35.5. The summed E-state index contributed by atoms with van der Waals surface area (Å²) in [6, 6.07) is 6.80. The molecule has 1 saturated heterocycles. The minimum Gasteiger partial charge on any atom is -0.456 e. The summed E-state index contributed by atoms with van der Waals surface area (Å²) in [5, 5.41) is 0. The van der Waals surface area contributed by atoms with Crippen LogP contribution in [-0.2, 0) is 4.74 Å². The molecule has 0 spiro atoms. The van der Waals surface area contributed by atoms with Gasteiger partial charge < -0.3 is 10.5 Å². The van der Waals surface area contributed by atoms with E-state index in [9.17, 15) is 4.79 Å². The number of carbonyl (C=O) groups is 1. The third-order valence-electron chi connectivity index (χ3n) is 3.22. The van der Waals surface area contributed by atoms with E-state index in [1.165, 1.54) is 0 Å². The molecule has 5 heteroatoms. The minimum absolute atomic E-state index is 0. The van der Waals surface area contributed by atoms with Gasteiger partial charge in [-0.05, 0) is 45.0 Å². The minimum atomic E-state index is -0.270. The van der Waals surface area contributed by atoms with Crippen LogP contribution in [0, 0.1) is 0 Å². The summed E-state index contributed by atoms with van der Waals surface area (Å²) in [5.74, 6) is -0.270. The Morgan fingerprint density at radius 2 is 1.79 bits per heavy atom. The SMILES string of the molecule is CC(C)(C)N1CC(OC(=O)c2ccc(N)cc2)C1.Cl. The van der Waals surface area contributed by atoms with Crippen LogP contribution in [0.2, 0.25) is 0 Å². The molecule has 1 fully saturated rings. The van der Waals surface area contributed by atoms with Crippen molar-refractivity contribution in [2.24, 2.45) is 0 Å². The van der Waals surface area contributed by atoms with E-state index in [0.29, 0.717) is 11.3 Å². The van der Waals surface area contributed by atoms with Crippen LogP contribution in [0.25, 0.3) is 0 Å². The number of ether oxygens (including phenoxy) is 1. The summed E-state index contributed by atoms with van der Waals surface area (Å²) in [4.78, 5) is 14.1. The Morgan fingerprint density at radius 3 is 2.26 bits per heavy atom. The summed E-state index contributed by atoms with van der Waals surface area (Å²) >= 11 is 0. The molecule has 0 atom stereocenters. The van der Waals surface area contributed by atoms with Gasteiger partial charge in [-0.15, -0.1) is 12.4 Å². The average Bonchev–Trinajstić information content (AvgIpc) is 2.21. The smallest absolute Gasteiger partial charge is 0.338 e. The number of halogens is 1. The zero-order chi connectivity index (χ0) is 13.3. The third kappa shape index (κ3) is 3.85. The number of hydrogen-bond acceptors (Lipinski definition) is 4. The van der Waals surface area contributed by atoms with Crippen LogP contribution >= 0.6 is 12.4 Å². The Morgan fingerprint density at radius 1 is 1.26 bits per heavy atom. The molecule has 0 bridgehead atoms. The Kier molecular flexibility index (Phi) is 4.82. The molecule has 106 valence electrons. The lowest BCUT2D eigenvalue weighted by Gasteiger charge is -2.46. The van der Waals surface area contributed by atoms with Crippen LogP contribution in [0.15, 0.2) is 24.3 Å². The zero-order valence-corrected chi connectivity index (χ0v) is 12.4. The van der Waals surface area contributed by atoms with E-state index < -0.39 is 0 Å². The van der Waals surface area contributed by atoms with E-state index >= 15 is 0 Å². The van der Waals surface area contributed by atoms with Gasteiger partial charge in [-0.25, -0.2) is 4.79 Å². The predicted molar refractivity (Wildman–Crippen MR) is 78.6 cm³/mol. The summed E-state index contributed by atoms with van der Waals surface area (Å²) in [5.41, 5.74) is 6.92. The van der Waals surface area contributed by atoms with Gasteiger partial charge in [0.05, 0.1) is 5.56 Å².